The molecule has 30 heavy (non-hydrogen) atoms. The summed E-state index contributed by atoms with van der Waals surface area (Å²) in [6.45, 7) is 3.65. The fraction of sp³-hybridized carbons (Fsp3) is 0.375. The van der Waals surface area contributed by atoms with Crippen LogP contribution in [0.3, 0.4) is 0 Å². The lowest BCUT2D eigenvalue weighted by atomic mass is 10.0. The van der Waals surface area contributed by atoms with Crippen LogP contribution >= 0.6 is 0 Å². The Labute approximate surface area is 176 Å². The van der Waals surface area contributed by atoms with Gasteiger partial charge in [-0.1, -0.05) is 35.9 Å². The van der Waals surface area contributed by atoms with E-state index >= 15 is 0 Å². The Kier molecular flexibility index (Phi) is 5.84. The Morgan fingerprint density at radius 3 is 2.30 bits per heavy atom. The summed E-state index contributed by atoms with van der Waals surface area (Å²) in [5.41, 5.74) is 2.64. The minimum atomic E-state index is -0.297. The van der Waals surface area contributed by atoms with E-state index in [2.05, 4.69) is 5.32 Å². The first kappa shape index (κ1) is 20.1. The number of aryl methyl sites for hydroxylation is 1. The van der Waals surface area contributed by atoms with Gasteiger partial charge in [0.1, 0.15) is 0 Å². The maximum atomic E-state index is 13.0. The first-order chi connectivity index (χ1) is 14.5. The van der Waals surface area contributed by atoms with E-state index in [0.29, 0.717) is 25.2 Å². The zero-order chi connectivity index (χ0) is 21.1. The van der Waals surface area contributed by atoms with Gasteiger partial charge in [0.15, 0.2) is 0 Å². The Bertz CT molecular complexity index is 918. The average Bonchev–Trinajstić information content (AvgIpc) is 3.16. The van der Waals surface area contributed by atoms with Crippen molar-refractivity contribution in [1.82, 2.24) is 10.2 Å². The van der Waals surface area contributed by atoms with Crippen LogP contribution < -0.4 is 10.2 Å². The first-order valence-electron chi connectivity index (χ1n) is 10.5. The van der Waals surface area contributed by atoms with Gasteiger partial charge in [0, 0.05) is 43.3 Å². The van der Waals surface area contributed by atoms with E-state index in [1.807, 2.05) is 54.3 Å². The predicted molar refractivity (Wildman–Crippen MR) is 115 cm³/mol. The maximum absolute atomic E-state index is 13.0. The molecule has 2 aromatic carbocycles. The van der Waals surface area contributed by atoms with E-state index in [1.165, 1.54) is 0 Å². The largest absolute Gasteiger partial charge is 0.349 e. The molecule has 0 aromatic heterocycles. The number of rotatable bonds is 4. The molecule has 0 saturated carbocycles. The third kappa shape index (κ3) is 4.37. The van der Waals surface area contributed by atoms with Gasteiger partial charge in [-0.2, -0.15) is 0 Å². The van der Waals surface area contributed by atoms with Gasteiger partial charge in [-0.05, 0) is 44.0 Å². The van der Waals surface area contributed by atoms with Crippen molar-refractivity contribution in [1.29, 1.82) is 0 Å². The third-order valence-corrected chi connectivity index (χ3v) is 6.00. The van der Waals surface area contributed by atoms with Gasteiger partial charge in [0.25, 0.3) is 5.91 Å². The summed E-state index contributed by atoms with van der Waals surface area (Å²) in [5, 5.41) is 3.07. The van der Waals surface area contributed by atoms with Crippen molar-refractivity contribution in [3.05, 3.63) is 65.7 Å². The third-order valence-electron chi connectivity index (χ3n) is 6.00. The molecule has 6 heteroatoms. The number of amides is 3. The Morgan fingerprint density at radius 1 is 0.967 bits per heavy atom. The summed E-state index contributed by atoms with van der Waals surface area (Å²) >= 11 is 0. The van der Waals surface area contributed by atoms with Crippen molar-refractivity contribution in [3.63, 3.8) is 0 Å². The molecule has 2 heterocycles. The second-order valence-electron chi connectivity index (χ2n) is 8.18. The van der Waals surface area contributed by atoms with E-state index in [0.717, 1.165) is 24.1 Å². The molecule has 2 saturated heterocycles. The summed E-state index contributed by atoms with van der Waals surface area (Å²) in [5.74, 6) is -0.322. The van der Waals surface area contributed by atoms with E-state index in [9.17, 15) is 14.4 Å². The Hall–Kier alpha value is -3.15. The van der Waals surface area contributed by atoms with Crippen LogP contribution in [0.4, 0.5) is 5.69 Å². The van der Waals surface area contributed by atoms with Crippen LogP contribution in [0.2, 0.25) is 0 Å². The number of nitrogens with zero attached hydrogens (tertiary/aromatic N) is 2. The summed E-state index contributed by atoms with van der Waals surface area (Å²) in [6.07, 6.45) is 1.72. The van der Waals surface area contributed by atoms with Crippen molar-refractivity contribution >= 4 is 23.4 Å². The van der Waals surface area contributed by atoms with Crippen LogP contribution in [0, 0.1) is 12.8 Å². The second kappa shape index (κ2) is 8.69. The highest BCUT2D eigenvalue weighted by Crippen LogP contribution is 2.27. The lowest BCUT2D eigenvalue weighted by molar-refractivity contribution is -0.136. The van der Waals surface area contributed by atoms with Gasteiger partial charge in [-0.15, -0.1) is 0 Å². The molecule has 2 aromatic rings. The molecule has 6 nitrogen and oxygen atoms in total. The molecule has 1 N–H and O–H groups in total. The Morgan fingerprint density at radius 2 is 1.63 bits per heavy atom. The van der Waals surface area contributed by atoms with E-state index in [1.54, 1.807) is 17.0 Å². The van der Waals surface area contributed by atoms with Gasteiger partial charge < -0.3 is 15.1 Å². The van der Waals surface area contributed by atoms with Crippen LogP contribution in [0.5, 0.6) is 0 Å². The zero-order valence-corrected chi connectivity index (χ0v) is 17.2. The molecule has 2 aliphatic heterocycles. The summed E-state index contributed by atoms with van der Waals surface area (Å²) in [6, 6.07) is 17.1. The minimum Gasteiger partial charge on any atom is -0.349 e. The van der Waals surface area contributed by atoms with Crippen molar-refractivity contribution in [2.45, 2.75) is 32.2 Å². The fourth-order valence-corrected chi connectivity index (χ4v) is 4.21. The minimum absolute atomic E-state index is 0.00205. The van der Waals surface area contributed by atoms with Crippen LogP contribution in [-0.2, 0) is 9.59 Å². The lowest BCUT2D eigenvalue weighted by Gasteiger charge is -2.33. The monoisotopic (exact) mass is 405 g/mol. The number of anilines is 1. The Balaban J connectivity index is 1.30. The molecule has 1 unspecified atom stereocenters. The van der Waals surface area contributed by atoms with Crippen LogP contribution in [0.25, 0.3) is 0 Å². The van der Waals surface area contributed by atoms with E-state index < -0.39 is 0 Å². The quantitative estimate of drug-likeness (QED) is 0.850. The maximum Gasteiger partial charge on any atom is 0.251 e. The normalized spacial score (nSPS) is 19.8. The highest BCUT2D eigenvalue weighted by molar-refractivity contribution is 6.00. The molecular weight excluding hydrogens is 378 g/mol. The predicted octanol–water partition coefficient (Wildman–Crippen LogP) is 2.77. The van der Waals surface area contributed by atoms with Crippen molar-refractivity contribution in [2.24, 2.45) is 5.92 Å². The number of piperidine rings is 1. The molecule has 4 rings (SSSR count). The summed E-state index contributed by atoms with van der Waals surface area (Å²) < 4.78 is 0. The number of carbonyl (C=O) groups excluding carboxylic acids is 3. The molecule has 2 fully saturated rings. The first-order valence-corrected chi connectivity index (χ1v) is 10.5. The molecule has 0 aliphatic carbocycles. The standard InChI is InChI=1S/C24H27N3O3/c1-17-7-9-21(10-8-17)27-16-19(15-22(27)28)24(30)26-13-11-20(12-14-26)25-23(29)18-5-3-2-4-6-18/h2-10,19-20H,11-16H2,1H3,(H,25,29). The van der Waals surface area contributed by atoms with Crippen molar-refractivity contribution < 1.29 is 14.4 Å². The van der Waals surface area contributed by atoms with Crippen LogP contribution in [0.15, 0.2) is 54.6 Å². The SMILES string of the molecule is Cc1ccc(N2CC(C(=O)N3CCC(NC(=O)c4ccccc4)CC3)CC2=O)cc1. The lowest BCUT2D eigenvalue weighted by Crippen LogP contribution is -2.48. The highest BCUT2D eigenvalue weighted by Gasteiger charge is 2.38. The van der Waals surface area contributed by atoms with Gasteiger partial charge in [0.05, 0.1) is 5.92 Å². The average molecular weight is 405 g/mol. The number of carbonyl (C=O) groups is 3. The van der Waals surface area contributed by atoms with Crippen molar-refractivity contribution in [3.8, 4) is 0 Å². The van der Waals surface area contributed by atoms with Crippen LogP contribution in [-0.4, -0.2) is 48.3 Å². The highest BCUT2D eigenvalue weighted by atomic mass is 16.2. The topological polar surface area (TPSA) is 69.7 Å². The number of benzene rings is 2. The number of hydrogen-bond donors (Lipinski definition) is 1. The molecule has 2 aliphatic rings. The molecular formula is C24H27N3O3. The van der Waals surface area contributed by atoms with Gasteiger partial charge >= 0.3 is 0 Å². The van der Waals surface area contributed by atoms with E-state index in [-0.39, 0.29) is 36.1 Å². The van der Waals surface area contributed by atoms with Gasteiger partial charge in [0.2, 0.25) is 11.8 Å². The van der Waals surface area contributed by atoms with Crippen LogP contribution in [0.1, 0.15) is 35.2 Å². The summed E-state index contributed by atoms with van der Waals surface area (Å²) in [4.78, 5) is 41.4. The van der Waals surface area contributed by atoms with Gasteiger partial charge in [-0.25, -0.2) is 0 Å². The van der Waals surface area contributed by atoms with E-state index in [4.69, 9.17) is 0 Å². The zero-order valence-electron chi connectivity index (χ0n) is 17.2. The van der Waals surface area contributed by atoms with Crippen molar-refractivity contribution in [2.75, 3.05) is 24.5 Å². The second-order valence-corrected chi connectivity index (χ2v) is 8.18. The molecule has 1 atom stereocenters. The molecule has 0 spiro atoms. The summed E-state index contributed by atoms with van der Waals surface area (Å²) in [7, 11) is 0. The number of nitrogens with one attached hydrogen (secondary N) is 1. The molecule has 3 amide bonds. The number of hydrogen-bond acceptors (Lipinski definition) is 3. The number of likely N-dealkylation sites (tertiary alicyclic amines) is 1. The fourth-order valence-electron chi connectivity index (χ4n) is 4.21. The molecule has 0 bridgehead atoms. The molecule has 156 valence electrons. The smallest absolute Gasteiger partial charge is 0.251 e. The van der Waals surface area contributed by atoms with Gasteiger partial charge in [-0.3, -0.25) is 14.4 Å². The molecule has 0 radical (unpaired) electrons.